The lowest BCUT2D eigenvalue weighted by atomic mass is 9.96. The van der Waals surface area contributed by atoms with E-state index < -0.39 is 10.9 Å². The maximum absolute atomic E-state index is 11.0. The lowest BCUT2D eigenvalue weighted by Gasteiger charge is -2.40. The lowest BCUT2D eigenvalue weighted by molar-refractivity contribution is -0.384. The van der Waals surface area contributed by atoms with Gasteiger partial charge in [-0.1, -0.05) is 6.92 Å². The van der Waals surface area contributed by atoms with Crippen LogP contribution in [0.1, 0.15) is 23.7 Å². The number of nitro benzene ring substituents is 1. The number of carbonyl (C=O) groups is 1. The Morgan fingerprint density at radius 1 is 1.56 bits per heavy atom. The molecule has 0 bridgehead atoms. The minimum atomic E-state index is -1.15. The molecule has 0 amide bonds. The second-order valence-corrected chi connectivity index (χ2v) is 4.45. The van der Waals surface area contributed by atoms with Crippen molar-refractivity contribution in [2.24, 2.45) is 5.92 Å². The zero-order chi connectivity index (χ0) is 13.3. The number of aromatic carboxylic acids is 1. The van der Waals surface area contributed by atoms with Crippen molar-refractivity contribution in [3.8, 4) is 0 Å². The van der Waals surface area contributed by atoms with Gasteiger partial charge in [-0.2, -0.15) is 0 Å². The molecule has 18 heavy (non-hydrogen) atoms. The second-order valence-electron chi connectivity index (χ2n) is 4.45. The van der Waals surface area contributed by atoms with E-state index in [2.05, 4.69) is 6.92 Å². The van der Waals surface area contributed by atoms with E-state index in [1.165, 1.54) is 12.1 Å². The van der Waals surface area contributed by atoms with E-state index in [9.17, 15) is 14.9 Å². The first-order chi connectivity index (χ1) is 8.52. The van der Waals surface area contributed by atoms with Crippen molar-refractivity contribution in [3.05, 3.63) is 33.9 Å². The molecule has 1 saturated heterocycles. The molecule has 1 heterocycles. The van der Waals surface area contributed by atoms with Crippen molar-refractivity contribution in [2.75, 3.05) is 18.0 Å². The quantitative estimate of drug-likeness (QED) is 0.653. The molecule has 1 aromatic rings. The molecule has 1 N–H and O–H groups in total. The Hall–Kier alpha value is -2.11. The third-order valence-corrected chi connectivity index (χ3v) is 3.29. The predicted molar refractivity (Wildman–Crippen MR) is 66.0 cm³/mol. The number of hydrogen-bond acceptors (Lipinski definition) is 4. The monoisotopic (exact) mass is 250 g/mol. The zero-order valence-corrected chi connectivity index (χ0v) is 10.00. The first-order valence-corrected chi connectivity index (χ1v) is 5.79. The topological polar surface area (TPSA) is 83.7 Å². The summed E-state index contributed by atoms with van der Waals surface area (Å²) in [5.74, 6) is -0.580. The standard InChI is InChI=1S/C12H14N2O4/c1-2-8-6-13(7-8)10-4-3-9(12(15)16)5-11(10)14(17)18/h3-5,8H,2,6-7H2,1H3,(H,15,16). The number of benzene rings is 1. The van der Waals surface area contributed by atoms with Crippen LogP contribution in [0.3, 0.4) is 0 Å². The largest absolute Gasteiger partial charge is 0.478 e. The third-order valence-electron chi connectivity index (χ3n) is 3.29. The number of nitrogens with zero attached hydrogens (tertiary/aromatic N) is 2. The van der Waals surface area contributed by atoms with Gasteiger partial charge in [-0.25, -0.2) is 4.79 Å². The van der Waals surface area contributed by atoms with E-state index in [-0.39, 0.29) is 11.3 Å². The molecule has 1 aliphatic rings. The average molecular weight is 250 g/mol. The molecular formula is C12H14N2O4. The number of rotatable bonds is 4. The molecule has 0 spiro atoms. The molecular weight excluding hydrogens is 236 g/mol. The van der Waals surface area contributed by atoms with Gasteiger partial charge in [-0.3, -0.25) is 10.1 Å². The molecule has 1 aromatic carbocycles. The molecule has 0 unspecified atom stereocenters. The maximum atomic E-state index is 11.0. The van der Waals surface area contributed by atoms with Gasteiger partial charge in [0.05, 0.1) is 10.5 Å². The number of anilines is 1. The summed E-state index contributed by atoms with van der Waals surface area (Å²) in [6, 6.07) is 4.05. The molecule has 0 radical (unpaired) electrons. The Balaban J connectivity index is 2.30. The van der Waals surface area contributed by atoms with Gasteiger partial charge in [0.15, 0.2) is 0 Å². The SMILES string of the molecule is CCC1CN(c2ccc(C(=O)O)cc2[N+](=O)[O-])C1. The Bertz CT molecular complexity index is 495. The summed E-state index contributed by atoms with van der Waals surface area (Å²) in [5.41, 5.74) is 0.317. The van der Waals surface area contributed by atoms with Gasteiger partial charge < -0.3 is 10.0 Å². The smallest absolute Gasteiger partial charge is 0.335 e. The Kier molecular flexibility index (Phi) is 3.18. The summed E-state index contributed by atoms with van der Waals surface area (Å²) >= 11 is 0. The summed E-state index contributed by atoms with van der Waals surface area (Å²) in [7, 11) is 0. The number of carboxylic acid groups (broad SMARTS) is 1. The molecule has 0 saturated carbocycles. The summed E-state index contributed by atoms with van der Waals surface area (Å²) in [4.78, 5) is 23.2. The predicted octanol–water partition coefficient (Wildman–Crippen LogP) is 2.14. The Morgan fingerprint density at radius 2 is 2.22 bits per heavy atom. The third kappa shape index (κ3) is 2.13. The Labute approximate surface area is 104 Å². The molecule has 1 fully saturated rings. The maximum Gasteiger partial charge on any atom is 0.335 e. The molecule has 6 nitrogen and oxygen atoms in total. The zero-order valence-electron chi connectivity index (χ0n) is 10.00. The number of hydrogen-bond donors (Lipinski definition) is 1. The Morgan fingerprint density at radius 3 is 2.72 bits per heavy atom. The van der Waals surface area contributed by atoms with Crippen molar-refractivity contribution in [2.45, 2.75) is 13.3 Å². The van der Waals surface area contributed by atoms with Crippen molar-refractivity contribution in [1.29, 1.82) is 0 Å². The first kappa shape index (κ1) is 12.3. The molecule has 6 heteroatoms. The molecule has 96 valence electrons. The van der Waals surface area contributed by atoms with Gasteiger partial charge in [0, 0.05) is 19.2 Å². The fraction of sp³-hybridized carbons (Fsp3) is 0.417. The number of carboxylic acids is 1. The summed E-state index contributed by atoms with van der Waals surface area (Å²) in [5, 5.41) is 19.8. The van der Waals surface area contributed by atoms with Crippen LogP contribution in [0.15, 0.2) is 18.2 Å². The van der Waals surface area contributed by atoms with E-state index in [1.807, 2.05) is 4.90 Å². The van der Waals surface area contributed by atoms with Crippen molar-refractivity contribution >= 4 is 17.3 Å². The second kappa shape index (κ2) is 4.64. The van der Waals surface area contributed by atoms with Crippen LogP contribution in [0.4, 0.5) is 11.4 Å². The van der Waals surface area contributed by atoms with Gasteiger partial charge in [-0.05, 0) is 24.5 Å². The lowest BCUT2D eigenvalue weighted by Crippen LogP contribution is -2.46. The van der Waals surface area contributed by atoms with Crippen LogP contribution >= 0.6 is 0 Å². The van der Waals surface area contributed by atoms with Crippen LogP contribution in [-0.2, 0) is 0 Å². The van der Waals surface area contributed by atoms with Gasteiger partial charge in [-0.15, -0.1) is 0 Å². The van der Waals surface area contributed by atoms with Crippen LogP contribution in [0.25, 0.3) is 0 Å². The average Bonchev–Trinajstić information content (AvgIpc) is 2.27. The van der Waals surface area contributed by atoms with Crippen molar-refractivity contribution in [1.82, 2.24) is 0 Å². The van der Waals surface area contributed by atoms with E-state index >= 15 is 0 Å². The minimum Gasteiger partial charge on any atom is -0.478 e. The van der Waals surface area contributed by atoms with Crippen LogP contribution in [0.5, 0.6) is 0 Å². The van der Waals surface area contributed by atoms with Crippen LogP contribution in [0.2, 0.25) is 0 Å². The van der Waals surface area contributed by atoms with Gasteiger partial charge in [0.2, 0.25) is 0 Å². The fourth-order valence-electron chi connectivity index (χ4n) is 2.09. The molecule has 2 rings (SSSR count). The van der Waals surface area contributed by atoms with Crippen LogP contribution < -0.4 is 4.90 Å². The normalized spacial score (nSPS) is 15.3. The van der Waals surface area contributed by atoms with Gasteiger partial charge >= 0.3 is 5.97 Å². The molecule has 0 atom stereocenters. The highest BCUT2D eigenvalue weighted by molar-refractivity contribution is 5.90. The highest BCUT2D eigenvalue weighted by Crippen LogP contribution is 2.34. The van der Waals surface area contributed by atoms with E-state index in [1.54, 1.807) is 0 Å². The van der Waals surface area contributed by atoms with Gasteiger partial charge in [0.1, 0.15) is 5.69 Å². The minimum absolute atomic E-state index is 0.0574. The molecule has 0 aliphatic carbocycles. The van der Waals surface area contributed by atoms with Crippen LogP contribution in [-0.4, -0.2) is 29.1 Å². The van der Waals surface area contributed by atoms with Crippen molar-refractivity contribution < 1.29 is 14.8 Å². The highest BCUT2D eigenvalue weighted by atomic mass is 16.6. The number of nitro groups is 1. The van der Waals surface area contributed by atoms with Crippen molar-refractivity contribution in [3.63, 3.8) is 0 Å². The van der Waals surface area contributed by atoms with Crippen LogP contribution in [0, 0.1) is 16.0 Å². The fourth-order valence-corrected chi connectivity index (χ4v) is 2.09. The first-order valence-electron chi connectivity index (χ1n) is 5.79. The summed E-state index contributed by atoms with van der Waals surface area (Å²) < 4.78 is 0. The summed E-state index contributed by atoms with van der Waals surface area (Å²) in [6.07, 6.45) is 1.05. The van der Waals surface area contributed by atoms with E-state index in [4.69, 9.17) is 5.11 Å². The molecule has 0 aromatic heterocycles. The van der Waals surface area contributed by atoms with Gasteiger partial charge in [0.25, 0.3) is 5.69 Å². The van der Waals surface area contributed by atoms with E-state index in [0.717, 1.165) is 25.6 Å². The molecule has 1 aliphatic heterocycles. The van der Waals surface area contributed by atoms with E-state index in [0.29, 0.717) is 11.6 Å². The summed E-state index contributed by atoms with van der Waals surface area (Å²) in [6.45, 7) is 3.68. The highest BCUT2D eigenvalue weighted by Gasteiger charge is 2.30.